The number of amides is 1. The minimum absolute atomic E-state index is 0.225. The van der Waals surface area contributed by atoms with Crippen LogP contribution in [0.15, 0.2) is 24.3 Å². The normalized spacial score (nSPS) is 13.8. The van der Waals surface area contributed by atoms with E-state index in [9.17, 15) is 14.7 Å². The van der Waals surface area contributed by atoms with E-state index in [-0.39, 0.29) is 5.92 Å². The fourth-order valence-electron chi connectivity index (χ4n) is 1.67. The molecule has 0 saturated heterocycles. The average molecular weight is 279 g/mol. The lowest BCUT2D eigenvalue weighted by Crippen LogP contribution is -2.55. The topological polar surface area (TPSA) is 75.6 Å². The first-order valence-corrected chi connectivity index (χ1v) is 6.45. The van der Waals surface area contributed by atoms with Crippen LogP contribution in [0.4, 0.5) is 0 Å². The second-order valence-electron chi connectivity index (χ2n) is 5.25. The van der Waals surface area contributed by atoms with Crippen LogP contribution in [0.3, 0.4) is 0 Å². The smallest absolute Gasteiger partial charge is 0.329 e. The van der Waals surface area contributed by atoms with E-state index in [0.29, 0.717) is 12.2 Å². The van der Waals surface area contributed by atoms with Gasteiger partial charge in [0.1, 0.15) is 5.54 Å². The van der Waals surface area contributed by atoms with Gasteiger partial charge >= 0.3 is 5.97 Å². The summed E-state index contributed by atoms with van der Waals surface area (Å²) in [6.07, 6.45) is 0. The maximum absolute atomic E-state index is 12.1. The third-order valence-corrected chi connectivity index (χ3v) is 3.50. The first-order valence-electron chi connectivity index (χ1n) is 6.45. The molecule has 5 heteroatoms. The quantitative estimate of drug-likeness (QED) is 0.835. The van der Waals surface area contributed by atoms with Crippen LogP contribution in [-0.2, 0) is 16.1 Å². The fraction of sp³-hybridized carbons (Fsp3) is 0.467. The minimum Gasteiger partial charge on any atom is -0.480 e. The molecule has 1 rings (SSSR count). The Balaban J connectivity index is 2.87. The summed E-state index contributed by atoms with van der Waals surface area (Å²) >= 11 is 0. The molecule has 0 unspecified atom stereocenters. The Hall–Kier alpha value is -1.88. The summed E-state index contributed by atoms with van der Waals surface area (Å²) in [5.74, 6) is -1.67. The zero-order chi connectivity index (χ0) is 15.3. The molecule has 0 spiro atoms. The van der Waals surface area contributed by atoms with Crippen LogP contribution in [0.1, 0.15) is 36.7 Å². The maximum Gasteiger partial charge on any atom is 0.329 e. The monoisotopic (exact) mass is 279 g/mol. The molecule has 0 aromatic heterocycles. The Labute approximate surface area is 118 Å². The fourth-order valence-corrected chi connectivity index (χ4v) is 1.67. The highest BCUT2D eigenvalue weighted by molar-refractivity contribution is 5.97. The highest BCUT2D eigenvalue weighted by Crippen LogP contribution is 2.18. The summed E-state index contributed by atoms with van der Waals surface area (Å²) in [5, 5.41) is 11.9. The van der Waals surface area contributed by atoms with Crippen LogP contribution in [-0.4, -0.2) is 29.6 Å². The Bertz CT molecular complexity index is 481. The van der Waals surface area contributed by atoms with Gasteiger partial charge in [-0.25, -0.2) is 4.79 Å². The number of hydrogen-bond donors (Lipinski definition) is 2. The zero-order valence-corrected chi connectivity index (χ0v) is 12.3. The summed E-state index contributed by atoms with van der Waals surface area (Å²) in [4.78, 5) is 23.5. The first-order chi connectivity index (χ1) is 9.31. The van der Waals surface area contributed by atoms with Crippen LogP contribution < -0.4 is 5.32 Å². The van der Waals surface area contributed by atoms with Crippen LogP contribution in [0.2, 0.25) is 0 Å². The summed E-state index contributed by atoms with van der Waals surface area (Å²) in [5.41, 5.74) is 0.0920. The first kappa shape index (κ1) is 16.2. The van der Waals surface area contributed by atoms with Crippen LogP contribution in [0.5, 0.6) is 0 Å². The molecule has 0 aliphatic carbocycles. The number of carbonyl (C=O) groups is 2. The van der Waals surface area contributed by atoms with E-state index >= 15 is 0 Å². The highest BCUT2D eigenvalue weighted by Gasteiger charge is 2.38. The zero-order valence-electron chi connectivity index (χ0n) is 12.3. The number of rotatable bonds is 6. The molecule has 20 heavy (non-hydrogen) atoms. The standard InChI is InChI=1S/C15H21NO4/c1-10(2)15(3,14(18)19)16-13(17)12-7-5-11(6-8-12)9-20-4/h5-8,10H,9H2,1-4H3,(H,16,17)(H,18,19)/t15-/m1/s1. The molecular formula is C15H21NO4. The van der Waals surface area contributed by atoms with Gasteiger partial charge in [0.2, 0.25) is 0 Å². The van der Waals surface area contributed by atoms with Gasteiger partial charge in [-0.1, -0.05) is 26.0 Å². The SMILES string of the molecule is COCc1ccc(C(=O)N[C@@](C)(C(=O)O)C(C)C)cc1. The molecule has 5 nitrogen and oxygen atoms in total. The number of benzene rings is 1. The van der Waals surface area contributed by atoms with E-state index in [0.717, 1.165) is 5.56 Å². The number of carbonyl (C=O) groups excluding carboxylic acids is 1. The van der Waals surface area contributed by atoms with E-state index in [4.69, 9.17) is 4.74 Å². The number of carboxylic acids is 1. The molecule has 0 heterocycles. The Morgan fingerprint density at radius 3 is 2.25 bits per heavy atom. The molecule has 1 atom stereocenters. The third kappa shape index (κ3) is 3.57. The van der Waals surface area contributed by atoms with E-state index in [1.807, 2.05) is 0 Å². The van der Waals surface area contributed by atoms with Crippen LogP contribution >= 0.6 is 0 Å². The number of nitrogens with one attached hydrogen (secondary N) is 1. The van der Waals surface area contributed by atoms with Crippen LogP contribution in [0.25, 0.3) is 0 Å². The van der Waals surface area contributed by atoms with Gasteiger partial charge in [0.25, 0.3) is 5.91 Å². The number of aliphatic carboxylic acids is 1. The molecule has 0 fully saturated rings. The van der Waals surface area contributed by atoms with Crippen molar-refractivity contribution in [3.05, 3.63) is 35.4 Å². The summed E-state index contributed by atoms with van der Waals surface area (Å²) in [7, 11) is 1.60. The van der Waals surface area contributed by atoms with E-state index < -0.39 is 17.4 Å². The minimum atomic E-state index is -1.29. The number of methoxy groups -OCH3 is 1. The lowest BCUT2D eigenvalue weighted by molar-refractivity contribution is -0.145. The van der Waals surface area contributed by atoms with Crippen molar-refractivity contribution in [2.75, 3.05) is 7.11 Å². The van der Waals surface area contributed by atoms with Crippen LogP contribution in [0, 0.1) is 5.92 Å². The van der Waals surface area contributed by atoms with Gasteiger partial charge in [0.15, 0.2) is 0 Å². The van der Waals surface area contributed by atoms with Gasteiger partial charge in [-0.05, 0) is 30.5 Å². The Morgan fingerprint density at radius 1 is 1.30 bits per heavy atom. The van der Waals surface area contributed by atoms with Gasteiger partial charge in [0.05, 0.1) is 6.61 Å². The second-order valence-corrected chi connectivity index (χ2v) is 5.25. The molecule has 0 saturated carbocycles. The predicted octanol–water partition coefficient (Wildman–Crippen LogP) is 2.06. The molecule has 0 bridgehead atoms. The highest BCUT2D eigenvalue weighted by atomic mass is 16.5. The van der Waals surface area contributed by atoms with Gasteiger partial charge in [-0.15, -0.1) is 0 Å². The van der Waals surface area contributed by atoms with Crippen molar-refractivity contribution < 1.29 is 19.4 Å². The average Bonchev–Trinajstić information content (AvgIpc) is 2.39. The van der Waals surface area contributed by atoms with Crippen molar-refractivity contribution in [3.63, 3.8) is 0 Å². The van der Waals surface area contributed by atoms with E-state index in [1.54, 1.807) is 45.2 Å². The molecule has 0 aliphatic rings. The number of hydrogen-bond acceptors (Lipinski definition) is 3. The molecule has 1 amide bonds. The van der Waals surface area contributed by atoms with Gasteiger partial charge in [0, 0.05) is 12.7 Å². The molecule has 2 N–H and O–H groups in total. The van der Waals surface area contributed by atoms with Crippen molar-refractivity contribution in [2.24, 2.45) is 5.92 Å². The van der Waals surface area contributed by atoms with Gasteiger partial charge < -0.3 is 15.2 Å². The second kappa shape index (κ2) is 6.52. The summed E-state index contributed by atoms with van der Waals surface area (Å²) in [6, 6.07) is 6.89. The Kier molecular flexibility index (Phi) is 5.27. The largest absolute Gasteiger partial charge is 0.480 e. The molecule has 1 aromatic carbocycles. The number of carboxylic acid groups (broad SMARTS) is 1. The lowest BCUT2D eigenvalue weighted by atomic mass is 9.88. The van der Waals surface area contributed by atoms with E-state index in [1.165, 1.54) is 6.92 Å². The molecule has 1 aromatic rings. The molecular weight excluding hydrogens is 258 g/mol. The maximum atomic E-state index is 12.1. The van der Waals surface area contributed by atoms with E-state index in [2.05, 4.69) is 5.32 Å². The molecule has 110 valence electrons. The lowest BCUT2D eigenvalue weighted by Gasteiger charge is -2.30. The van der Waals surface area contributed by atoms with Crippen molar-refractivity contribution in [3.8, 4) is 0 Å². The summed E-state index contributed by atoms with van der Waals surface area (Å²) in [6.45, 7) is 5.50. The van der Waals surface area contributed by atoms with Crippen molar-refractivity contribution in [1.82, 2.24) is 5.32 Å². The Morgan fingerprint density at radius 2 is 1.85 bits per heavy atom. The predicted molar refractivity (Wildman–Crippen MR) is 75.5 cm³/mol. The molecule has 0 aliphatic heterocycles. The van der Waals surface area contributed by atoms with Crippen molar-refractivity contribution in [2.45, 2.75) is 32.9 Å². The van der Waals surface area contributed by atoms with Crippen molar-refractivity contribution >= 4 is 11.9 Å². The van der Waals surface area contributed by atoms with Crippen molar-refractivity contribution in [1.29, 1.82) is 0 Å². The van der Waals surface area contributed by atoms with Gasteiger partial charge in [-0.3, -0.25) is 4.79 Å². The third-order valence-electron chi connectivity index (χ3n) is 3.50. The van der Waals surface area contributed by atoms with Gasteiger partial charge in [-0.2, -0.15) is 0 Å². The number of ether oxygens (including phenoxy) is 1. The summed E-state index contributed by atoms with van der Waals surface area (Å²) < 4.78 is 4.99. The molecule has 0 radical (unpaired) electrons.